The maximum absolute atomic E-state index is 6.08. The molecule has 1 aliphatic carbocycles. The first kappa shape index (κ1) is 13.4. The first-order valence-corrected chi connectivity index (χ1v) is 7.01. The van der Waals surface area contributed by atoms with Crippen LogP contribution < -0.4 is 10.5 Å². The molecule has 1 fully saturated rings. The number of methoxy groups -OCH3 is 1. The second-order valence-corrected chi connectivity index (χ2v) is 5.84. The molecule has 0 radical (unpaired) electrons. The van der Waals surface area contributed by atoms with Gasteiger partial charge in [0.1, 0.15) is 5.75 Å². The Balaban J connectivity index is 2.45. The summed E-state index contributed by atoms with van der Waals surface area (Å²) >= 11 is 0. The second-order valence-electron chi connectivity index (χ2n) is 5.84. The Kier molecular flexibility index (Phi) is 3.96. The Hall–Kier alpha value is -1.02. The van der Waals surface area contributed by atoms with Crippen LogP contribution >= 0.6 is 0 Å². The van der Waals surface area contributed by atoms with Crippen molar-refractivity contribution in [2.24, 2.45) is 5.73 Å². The minimum absolute atomic E-state index is 0.193. The topological polar surface area (TPSA) is 35.2 Å². The number of hydrogen-bond acceptors (Lipinski definition) is 2. The van der Waals surface area contributed by atoms with Crippen molar-refractivity contribution in [1.29, 1.82) is 0 Å². The van der Waals surface area contributed by atoms with Crippen LogP contribution in [0.25, 0.3) is 0 Å². The van der Waals surface area contributed by atoms with E-state index < -0.39 is 0 Å². The Morgan fingerprint density at radius 1 is 1.22 bits per heavy atom. The molecule has 2 rings (SSSR count). The van der Waals surface area contributed by atoms with Crippen LogP contribution in [-0.4, -0.2) is 13.7 Å². The molecule has 0 aromatic heterocycles. The molecular formula is C16H25NO. The number of ether oxygens (including phenoxy) is 1. The Bertz CT molecular complexity index is 406. The van der Waals surface area contributed by atoms with Crippen LogP contribution in [0.15, 0.2) is 18.2 Å². The average Bonchev–Trinajstić information content (AvgIpc) is 2.88. The Morgan fingerprint density at radius 3 is 2.39 bits per heavy atom. The van der Waals surface area contributed by atoms with Crippen molar-refractivity contribution in [3.63, 3.8) is 0 Å². The summed E-state index contributed by atoms with van der Waals surface area (Å²) in [5.41, 5.74) is 9.00. The highest BCUT2D eigenvalue weighted by atomic mass is 16.5. The van der Waals surface area contributed by atoms with E-state index >= 15 is 0 Å². The lowest BCUT2D eigenvalue weighted by Crippen LogP contribution is -2.32. The minimum Gasteiger partial charge on any atom is -0.497 e. The molecule has 0 heterocycles. The van der Waals surface area contributed by atoms with Crippen molar-refractivity contribution in [2.75, 3.05) is 13.7 Å². The quantitative estimate of drug-likeness (QED) is 0.882. The van der Waals surface area contributed by atoms with E-state index in [-0.39, 0.29) is 5.41 Å². The average molecular weight is 247 g/mol. The van der Waals surface area contributed by atoms with Crippen molar-refractivity contribution in [1.82, 2.24) is 0 Å². The van der Waals surface area contributed by atoms with Gasteiger partial charge in [-0.25, -0.2) is 0 Å². The zero-order chi connectivity index (χ0) is 13.2. The molecule has 0 amide bonds. The third kappa shape index (κ3) is 2.39. The van der Waals surface area contributed by atoms with Gasteiger partial charge in [-0.2, -0.15) is 0 Å². The van der Waals surface area contributed by atoms with Crippen molar-refractivity contribution < 1.29 is 4.74 Å². The van der Waals surface area contributed by atoms with Crippen LogP contribution in [0.1, 0.15) is 56.6 Å². The van der Waals surface area contributed by atoms with E-state index in [1.54, 1.807) is 7.11 Å². The minimum atomic E-state index is 0.193. The zero-order valence-corrected chi connectivity index (χ0v) is 11.8. The third-order valence-electron chi connectivity index (χ3n) is 4.39. The summed E-state index contributed by atoms with van der Waals surface area (Å²) in [6, 6.07) is 6.67. The normalized spacial score (nSPS) is 18.3. The second kappa shape index (κ2) is 5.31. The van der Waals surface area contributed by atoms with Gasteiger partial charge in [-0.15, -0.1) is 0 Å². The van der Waals surface area contributed by atoms with Crippen LogP contribution in [-0.2, 0) is 5.41 Å². The molecule has 2 N–H and O–H groups in total. The monoisotopic (exact) mass is 247 g/mol. The van der Waals surface area contributed by atoms with Gasteiger partial charge < -0.3 is 10.5 Å². The summed E-state index contributed by atoms with van der Waals surface area (Å²) in [6.45, 7) is 5.20. The van der Waals surface area contributed by atoms with Gasteiger partial charge in [0, 0.05) is 12.0 Å². The molecular weight excluding hydrogens is 222 g/mol. The maximum Gasteiger partial charge on any atom is 0.119 e. The molecule has 0 aliphatic heterocycles. The number of nitrogens with two attached hydrogens (primary N) is 1. The standard InChI is InChI=1S/C16H25NO/c1-12(2)13-8-14(10-15(9-13)18-3)16(11-17)6-4-5-7-16/h8-10,12H,4-7,11,17H2,1-3H3. The van der Waals surface area contributed by atoms with Gasteiger partial charge in [-0.05, 0) is 42.0 Å². The molecule has 100 valence electrons. The molecule has 0 spiro atoms. The summed E-state index contributed by atoms with van der Waals surface area (Å²) in [6.07, 6.45) is 5.03. The summed E-state index contributed by atoms with van der Waals surface area (Å²) in [5.74, 6) is 1.49. The molecule has 2 heteroatoms. The lowest BCUT2D eigenvalue weighted by molar-refractivity contribution is 0.406. The van der Waals surface area contributed by atoms with Crippen molar-refractivity contribution >= 4 is 0 Å². The van der Waals surface area contributed by atoms with E-state index in [0.717, 1.165) is 12.3 Å². The van der Waals surface area contributed by atoms with Crippen molar-refractivity contribution in [3.05, 3.63) is 29.3 Å². The highest BCUT2D eigenvalue weighted by Crippen LogP contribution is 2.42. The third-order valence-corrected chi connectivity index (χ3v) is 4.39. The number of benzene rings is 1. The van der Waals surface area contributed by atoms with E-state index in [1.807, 2.05) is 0 Å². The fourth-order valence-electron chi connectivity index (χ4n) is 3.04. The molecule has 2 nitrogen and oxygen atoms in total. The molecule has 0 unspecified atom stereocenters. The predicted octanol–water partition coefficient (Wildman–Crippen LogP) is 3.59. The Morgan fingerprint density at radius 2 is 1.89 bits per heavy atom. The highest BCUT2D eigenvalue weighted by Gasteiger charge is 2.34. The van der Waals surface area contributed by atoms with Crippen LogP contribution in [0.2, 0.25) is 0 Å². The first-order chi connectivity index (χ1) is 8.61. The maximum atomic E-state index is 6.08. The van der Waals surface area contributed by atoms with Crippen LogP contribution in [0.5, 0.6) is 5.75 Å². The largest absolute Gasteiger partial charge is 0.497 e. The highest BCUT2D eigenvalue weighted by molar-refractivity contribution is 5.40. The molecule has 1 saturated carbocycles. The van der Waals surface area contributed by atoms with Gasteiger partial charge in [0.15, 0.2) is 0 Å². The van der Waals surface area contributed by atoms with Gasteiger partial charge in [0.25, 0.3) is 0 Å². The van der Waals surface area contributed by atoms with Crippen LogP contribution in [0.3, 0.4) is 0 Å². The van der Waals surface area contributed by atoms with Crippen LogP contribution in [0.4, 0.5) is 0 Å². The van der Waals surface area contributed by atoms with E-state index in [1.165, 1.54) is 36.8 Å². The van der Waals surface area contributed by atoms with E-state index in [4.69, 9.17) is 10.5 Å². The number of hydrogen-bond donors (Lipinski definition) is 1. The van der Waals surface area contributed by atoms with Crippen molar-refractivity contribution in [3.8, 4) is 5.75 Å². The molecule has 0 atom stereocenters. The fourth-order valence-corrected chi connectivity index (χ4v) is 3.04. The van der Waals surface area contributed by atoms with Gasteiger partial charge >= 0.3 is 0 Å². The van der Waals surface area contributed by atoms with Gasteiger partial charge in [-0.3, -0.25) is 0 Å². The van der Waals surface area contributed by atoms with Crippen LogP contribution in [0, 0.1) is 0 Å². The summed E-state index contributed by atoms with van der Waals surface area (Å²) in [7, 11) is 1.74. The molecule has 0 saturated heterocycles. The van der Waals surface area contributed by atoms with E-state index in [0.29, 0.717) is 5.92 Å². The van der Waals surface area contributed by atoms with Gasteiger partial charge in [0.2, 0.25) is 0 Å². The SMILES string of the molecule is COc1cc(C(C)C)cc(C2(CN)CCCC2)c1. The smallest absolute Gasteiger partial charge is 0.119 e. The van der Waals surface area contributed by atoms with Gasteiger partial charge in [-0.1, -0.05) is 32.8 Å². The summed E-state index contributed by atoms with van der Waals surface area (Å²) in [4.78, 5) is 0. The molecule has 1 aliphatic rings. The lowest BCUT2D eigenvalue weighted by Gasteiger charge is -2.29. The summed E-state index contributed by atoms with van der Waals surface area (Å²) in [5, 5.41) is 0. The first-order valence-electron chi connectivity index (χ1n) is 7.01. The van der Waals surface area contributed by atoms with E-state index in [9.17, 15) is 0 Å². The van der Waals surface area contributed by atoms with Gasteiger partial charge in [0.05, 0.1) is 7.11 Å². The molecule has 1 aromatic rings. The summed E-state index contributed by atoms with van der Waals surface area (Å²) < 4.78 is 5.45. The molecule has 0 bridgehead atoms. The number of rotatable bonds is 4. The Labute approximate surface area is 111 Å². The van der Waals surface area contributed by atoms with E-state index in [2.05, 4.69) is 32.0 Å². The molecule has 18 heavy (non-hydrogen) atoms. The molecule has 1 aromatic carbocycles. The predicted molar refractivity (Wildman–Crippen MR) is 76.3 cm³/mol. The zero-order valence-electron chi connectivity index (χ0n) is 11.8. The lowest BCUT2D eigenvalue weighted by atomic mass is 9.78. The fraction of sp³-hybridized carbons (Fsp3) is 0.625. The van der Waals surface area contributed by atoms with Crippen molar-refractivity contribution in [2.45, 2.75) is 50.9 Å².